The van der Waals surface area contributed by atoms with E-state index in [1.807, 2.05) is 61.7 Å². The van der Waals surface area contributed by atoms with Gasteiger partial charge >= 0.3 is 0 Å². The SMILES string of the molecule is C#CCOc1ccc(C=Nc2sc3c(c2C(=O)Nc2ccccc2C)CCCCCC3)cc1. The van der Waals surface area contributed by atoms with Gasteiger partial charge in [-0.1, -0.05) is 37.0 Å². The first-order chi connectivity index (χ1) is 16.2. The van der Waals surface area contributed by atoms with Crippen LogP contribution in [0.2, 0.25) is 0 Å². The van der Waals surface area contributed by atoms with Gasteiger partial charge in [-0.2, -0.15) is 0 Å². The van der Waals surface area contributed by atoms with Crippen molar-refractivity contribution in [2.75, 3.05) is 11.9 Å². The Labute approximate surface area is 199 Å². The Bertz CT molecular complexity index is 1190. The predicted octanol–water partition coefficient (Wildman–Crippen LogP) is 6.73. The number of ether oxygens (including phenoxy) is 1. The van der Waals surface area contributed by atoms with E-state index in [0.29, 0.717) is 0 Å². The lowest BCUT2D eigenvalue weighted by molar-refractivity contribution is 0.102. The smallest absolute Gasteiger partial charge is 0.259 e. The molecule has 1 aliphatic carbocycles. The molecule has 168 valence electrons. The van der Waals surface area contributed by atoms with Crippen LogP contribution in [0.3, 0.4) is 0 Å². The Morgan fingerprint density at radius 2 is 1.88 bits per heavy atom. The standard InChI is InChI=1S/C28H28N2O2S/c1-3-18-32-22-16-14-21(15-17-22)19-29-28-26(23-11-6-4-5-7-13-25(23)33-28)27(31)30-24-12-9-8-10-20(24)2/h1,8-10,12,14-17,19H,4-7,11,13,18H2,2H3,(H,30,31). The number of hydrogen-bond acceptors (Lipinski definition) is 4. The number of aliphatic imine (C=N–C) groups is 1. The number of terminal acetylenes is 1. The number of thiophene rings is 1. The second kappa shape index (κ2) is 11.0. The molecule has 2 aromatic carbocycles. The number of anilines is 1. The van der Waals surface area contributed by atoms with Gasteiger partial charge in [-0.05, 0) is 79.6 Å². The van der Waals surface area contributed by atoms with E-state index in [4.69, 9.17) is 16.2 Å². The Morgan fingerprint density at radius 3 is 2.64 bits per heavy atom. The zero-order chi connectivity index (χ0) is 23.0. The molecule has 0 unspecified atom stereocenters. The zero-order valence-corrected chi connectivity index (χ0v) is 19.7. The molecule has 0 bridgehead atoms. The molecular weight excluding hydrogens is 428 g/mol. The maximum absolute atomic E-state index is 13.5. The predicted molar refractivity (Wildman–Crippen MR) is 137 cm³/mol. The van der Waals surface area contributed by atoms with Gasteiger partial charge in [0.25, 0.3) is 5.91 Å². The molecule has 1 aliphatic rings. The van der Waals surface area contributed by atoms with Crippen molar-refractivity contribution < 1.29 is 9.53 Å². The van der Waals surface area contributed by atoms with Crippen LogP contribution in [0.4, 0.5) is 10.7 Å². The number of rotatable bonds is 6. The lowest BCUT2D eigenvalue weighted by Crippen LogP contribution is -2.15. The summed E-state index contributed by atoms with van der Waals surface area (Å²) in [5, 5.41) is 3.90. The maximum Gasteiger partial charge on any atom is 0.259 e. The Hall–Kier alpha value is -3.36. The van der Waals surface area contributed by atoms with Crippen LogP contribution in [0.15, 0.2) is 53.5 Å². The normalized spacial score (nSPS) is 13.6. The molecule has 5 heteroatoms. The summed E-state index contributed by atoms with van der Waals surface area (Å²) in [7, 11) is 0. The zero-order valence-electron chi connectivity index (χ0n) is 18.9. The Balaban J connectivity index is 1.64. The van der Waals surface area contributed by atoms with Crippen molar-refractivity contribution in [2.24, 2.45) is 4.99 Å². The summed E-state index contributed by atoms with van der Waals surface area (Å²) in [6.07, 6.45) is 13.7. The number of carbonyl (C=O) groups excluding carboxylic acids is 1. The van der Waals surface area contributed by atoms with Crippen molar-refractivity contribution in [1.29, 1.82) is 0 Å². The van der Waals surface area contributed by atoms with E-state index in [2.05, 4.69) is 11.2 Å². The second-order valence-corrected chi connectivity index (χ2v) is 9.27. The lowest BCUT2D eigenvalue weighted by atomic mass is 9.96. The highest BCUT2D eigenvalue weighted by atomic mass is 32.1. The molecule has 0 fully saturated rings. The van der Waals surface area contributed by atoms with E-state index in [9.17, 15) is 4.79 Å². The minimum Gasteiger partial charge on any atom is -0.481 e. The molecule has 1 amide bonds. The number of carbonyl (C=O) groups is 1. The molecule has 33 heavy (non-hydrogen) atoms. The molecule has 4 rings (SSSR count). The molecule has 0 saturated heterocycles. The number of benzene rings is 2. The fourth-order valence-electron chi connectivity index (χ4n) is 4.04. The van der Waals surface area contributed by atoms with Gasteiger partial charge in [0.05, 0.1) is 5.56 Å². The third-order valence-corrected chi connectivity index (χ3v) is 7.01. The largest absolute Gasteiger partial charge is 0.481 e. The van der Waals surface area contributed by atoms with Crippen molar-refractivity contribution in [3.8, 4) is 18.1 Å². The average Bonchev–Trinajstić information content (AvgIpc) is 3.14. The lowest BCUT2D eigenvalue weighted by Gasteiger charge is -2.12. The first-order valence-electron chi connectivity index (χ1n) is 11.4. The molecular formula is C28H28N2O2S. The van der Waals surface area contributed by atoms with Crippen molar-refractivity contribution >= 4 is 34.1 Å². The molecule has 1 aromatic heterocycles. The second-order valence-electron chi connectivity index (χ2n) is 8.19. The number of aryl methyl sites for hydroxylation is 2. The van der Waals surface area contributed by atoms with E-state index in [1.165, 1.54) is 23.3 Å². The minimum atomic E-state index is -0.0763. The van der Waals surface area contributed by atoms with E-state index in [0.717, 1.165) is 58.8 Å². The van der Waals surface area contributed by atoms with Gasteiger partial charge in [-0.3, -0.25) is 4.79 Å². The van der Waals surface area contributed by atoms with Gasteiger partial charge in [0.15, 0.2) is 0 Å². The minimum absolute atomic E-state index is 0.0763. The number of fused-ring (bicyclic) bond motifs is 1. The number of hydrogen-bond donors (Lipinski definition) is 1. The topological polar surface area (TPSA) is 50.7 Å². The van der Waals surface area contributed by atoms with E-state index < -0.39 is 0 Å². The molecule has 3 aromatic rings. The number of para-hydroxylation sites is 1. The summed E-state index contributed by atoms with van der Waals surface area (Å²) in [6, 6.07) is 15.5. The Morgan fingerprint density at radius 1 is 1.12 bits per heavy atom. The summed E-state index contributed by atoms with van der Waals surface area (Å²) in [6.45, 7) is 2.25. The van der Waals surface area contributed by atoms with Crippen molar-refractivity contribution in [2.45, 2.75) is 45.4 Å². The fourth-order valence-corrected chi connectivity index (χ4v) is 5.27. The number of nitrogens with one attached hydrogen (secondary N) is 1. The molecule has 4 nitrogen and oxygen atoms in total. The number of amides is 1. The van der Waals surface area contributed by atoms with Crippen LogP contribution in [0.25, 0.3) is 0 Å². The fraction of sp³-hybridized carbons (Fsp3) is 0.286. The van der Waals surface area contributed by atoms with E-state index in [1.54, 1.807) is 11.3 Å². The van der Waals surface area contributed by atoms with Gasteiger partial charge in [0.2, 0.25) is 0 Å². The van der Waals surface area contributed by atoms with E-state index in [-0.39, 0.29) is 12.5 Å². The van der Waals surface area contributed by atoms with Gasteiger partial charge in [0.1, 0.15) is 17.4 Å². The molecule has 0 aliphatic heterocycles. The average molecular weight is 457 g/mol. The van der Waals surface area contributed by atoms with Crippen LogP contribution < -0.4 is 10.1 Å². The van der Waals surface area contributed by atoms with Crippen LogP contribution in [0.1, 0.15) is 57.6 Å². The highest BCUT2D eigenvalue weighted by Crippen LogP contribution is 2.39. The van der Waals surface area contributed by atoms with Crippen LogP contribution in [-0.4, -0.2) is 18.7 Å². The van der Waals surface area contributed by atoms with Gasteiger partial charge in [-0.15, -0.1) is 17.8 Å². The van der Waals surface area contributed by atoms with Crippen molar-refractivity contribution in [1.82, 2.24) is 0 Å². The van der Waals surface area contributed by atoms with Crippen LogP contribution in [0, 0.1) is 19.3 Å². The van der Waals surface area contributed by atoms with Crippen LogP contribution in [0.5, 0.6) is 5.75 Å². The Kier molecular flexibility index (Phi) is 7.59. The summed E-state index contributed by atoms with van der Waals surface area (Å²) in [5.41, 5.74) is 4.72. The highest BCUT2D eigenvalue weighted by Gasteiger charge is 2.24. The highest BCUT2D eigenvalue weighted by molar-refractivity contribution is 7.16. The molecule has 0 saturated carbocycles. The summed E-state index contributed by atoms with van der Waals surface area (Å²) >= 11 is 1.66. The first-order valence-corrected chi connectivity index (χ1v) is 12.2. The summed E-state index contributed by atoms with van der Waals surface area (Å²) in [5.74, 6) is 3.11. The van der Waals surface area contributed by atoms with E-state index >= 15 is 0 Å². The summed E-state index contributed by atoms with van der Waals surface area (Å²) < 4.78 is 5.44. The number of nitrogens with zero attached hydrogens (tertiary/aromatic N) is 1. The molecule has 1 N–H and O–H groups in total. The maximum atomic E-state index is 13.5. The third kappa shape index (κ3) is 5.71. The monoisotopic (exact) mass is 456 g/mol. The van der Waals surface area contributed by atoms with Crippen molar-refractivity contribution in [3.63, 3.8) is 0 Å². The molecule has 1 heterocycles. The molecule has 0 spiro atoms. The molecule has 0 atom stereocenters. The van der Waals surface area contributed by atoms with Crippen LogP contribution >= 0.6 is 11.3 Å². The quantitative estimate of drug-likeness (QED) is 0.330. The third-order valence-electron chi connectivity index (χ3n) is 5.81. The van der Waals surface area contributed by atoms with Gasteiger partial charge in [-0.25, -0.2) is 4.99 Å². The molecule has 0 radical (unpaired) electrons. The first kappa shape index (κ1) is 22.8. The van der Waals surface area contributed by atoms with Crippen molar-refractivity contribution in [3.05, 3.63) is 75.7 Å². The van der Waals surface area contributed by atoms with Gasteiger partial charge in [0, 0.05) is 16.8 Å². The van der Waals surface area contributed by atoms with Crippen LogP contribution in [-0.2, 0) is 12.8 Å². The summed E-state index contributed by atoms with van der Waals surface area (Å²) in [4.78, 5) is 19.5. The van der Waals surface area contributed by atoms with Gasteiger partial charge < -0.3 is 10.1 Å².